The highest BCUT2D eigenvalue weighted by molar-refractivity contribution is 5.88. The molecule has 0 unspecified atom stereocenters. The van der Waals surface area contributed by atoms with Crippen molar-refractivity contribution in [1.82, 2.24) is 0 Å². The Labute approximate surface area is 135 Å². The van der Waals surface area contributed by atoms with E-state index in [4.69, 9.17) is 9.15 Å². The van der Waals surface area contributed by atoms with Crippen LogP contribution in [0.25, 0.3) is 22.1 Å². The average Bonchev–Trinajstić information content (AvgIpc) is 2.58. The Hall–Kier alpha value is -3.35. The summed E-state index contributed by atoms with van der Waals surface area (Å²) in [5.74, 6) is 0.133. The van der Waals surface area contributed by atoms with E-state index in [9.17, 15) is 20.0 Å². The number of nitro benzene ring substituents is 1. The number of fused-ring (bicyclic) bond motifs is 1. The highest BCUT2D eigenvalue weighted by atomic mass is 16.6. The van der Waals surface area contributed by atoms with Gasteiger partial charge in [0.25, 0.3) is 0 Å². The molecule has 0 amide bonds. The standard InChI is InChI=1S/C17H13NO6/c1-9-15(19)14(18(21)22)7-12-16(20)13(8-24-17(9)12)10-3-5-11(23-2)6-4-10/h3-8,19H,1-2H3. The summed E-state index contributed by atoms with van der Waals surface area (Å²) >= 11 is 0. The van der Waals surface area contributed by atoms with Crippen LogP contribution in [-0.2, 0) is 0 Å². The van der Waals surface area contributed by atoms with Crippen molar-refractivity contribution in [2.45, 2.75) is 6.92 Å². The van der Waals surface area contributed by atoms with Gasteiger partial charge in [0.2, 0.25) is 11.2 Å². The molecular formula is C17H13NO6. The SMILES string of the molecule is COc1ccc(-c2coc3c(C)c(O)c([N+](=O)[O-])cc3c2=O)cc1. The topological polar surface area (TPSA) is 103 Å². The van der Waals surface area contributed by atoms with Crippen LogP contribution in [-0.4, -0.2) is 17.1 Å². The fraction of sp³-hybridized carbons (Fsp3) is 0.118. The van der Waals surface area contributed by atoms with Gasteiger partial charge in [0.15, 0.2) is 0 Å². The Morgan fingerprint density at radius 3 is 2.50 bits per heavy atom. The number of phenolic OH excluding ortho intramolecular Hbond substituents is 1. The Morgan fingerprint density at radius 2 is 1.92 bits per heavy atom. The number of methoxy groups -OCH3 is 1. The molecular weight excluding hydrogens is 314 g/mol. The van der Waals surface area contributed by atoms with Crippen LogP contribution in [0, 0.1) is 17.0 Å². The number of nitrogens with zero attached hydrogens (tertiary/aromatic N) is 1. The van der Waals surface area contributed by atoms with Gasteiger partial charge >= 0.3 is 5.69 Å². The van der Waals surface area contributed by atoms with Crippen molar-refractivity contribution in [3.05, 3.63) is 62.5 Å². The van der Waals surface area contributed by atoms with Crippen molar-refractivity contribution in [1.29, 1.82) is 0 Å². The van der Waals surface area contributed by atoms with Crippen molar-refractivity contribution in [3.8, 4) is 22.6 Å². The van der Waals surface area contributed by atoms with Crippen molar-refractivity contribution in [3.63, 3.8) is 0 Å². The summed E-state index contributed by atoms with van der Waals surface area (Å²) < 4.78 is 10.5. The molecule has 1 heterocycles. The van der Waals surface area contributed by atoms with E-state index in [1.54, 1.807) is 24.3 Å². The third-order valence-corrected chi connectivity index (χ3v) is 3.85. The highest BCUT2D eigenvalue weighted by Gasteiger charge is 2.22. The van der Waals surface area contributed by atoms with Crippen LogP contribution in [0.3, 0.4) is 0 Å². The van der Waals surface area contributed by atoms with E-state index in [0.717, 1.165) is 6.07 Å². The van der Waals surface area contributed by atoms with E-state index in [-0.39, 0.29) is 22.1 Å². The normalized spacial score (nSPS) is 10.8. The molecule has 7 heteroatoms. The lowest BCUT2D eigenvalue weighted by atomic mass is 10.0. The van der Waals surface area contributed by atoms with Gasteiger partial charge in [-0.25, -0.2) is 0 Å². The second-order valence-electron chi connectivity index (χ2n) is 5.21. The van der Waals surface area contributed by atoms with Crippen LogP contribution >= 0.6 is 0 Å². The number of rotatable bonds is 3. The number of benzene rings is 2. The number of hydrogen-bond acceptors (Lipinski definition) is 6. The van der Waals surface area contributed by atoms with Crippen molar-refractivity contribution in [2.24, 2.45) is 0 Å². The minimum absolute atomic E-state index is 0.0466. The van der Waals surface area contributed by atoms with E-state index in [2.05, 4.69) is 0 Å². The summed E-state index contributed by atoms with van der Waals surface area (Å²) in [7, 11) is 1.54. The molecule has 0 radical (unpaired) electrons. The first-order valence-electron chi connectivity index (χ1n) is 7.01. The second-order valence-corrected chi connectivity index (χ2v) is 5.21. The Balaban J connectivity index is 2.29. The first-order chi connectivity index (χ1) is 11.4. The summed E-state index contributed by atoms with van der Waals surface area (Å²) in [4.78, 5) is 23.0. The summed E-state index contributed by atoms with van der Waals surface area (Å²) in [6.07, 6.45) is 1.28. The molecule has 0 atom stereocenters. The lowest BCUT2D eigenvalue weighted by Crippen LogP contribution is -2.06. The molecule has 24 heavy (non-hydrogen) atoms. The van der Waals surface area contributed by atoms with E-state index in [1.807, 2.05) is 0 Å². The van der Waals surface area contributed by atoms with Crippen LogP contribution < -0.4 is 10.2 Å². The number of hydrogen-bond donors (Lipinski definition) is 1. The first kappa shape index (κ1) is 15.5. The van der Waals surface area contributed by atoms with Crippen LogP contribution in [0.4, 0.5) is 5.69 Å². The lowest BCUT2D eigenvalue weighted by molar-refractivity contribution is -0.385. The minimum atomic E-state index is -0.735. The molecule has 1 aromatic heterocycles. The molecule has 0 saturated heterocycles. The van der Waals surface area contributed by atoms with Gasteiger partial charge < -0.3 is 14.3 Å². The number of ether oxygens (including phenoxy) is 1. The van der Waals surface area contributed by atoms with E-state index in [0.29, 0.717) is 11.3 Å². The fourth-order valence-electron chi connectivity index (χ4n) is 2.52. The zero-order chi connectivity index (χ0) is 17.4. The summed E-state index contributed by atoms with van der Waals surface area (Å²) in [5, 5.41) is 21.0. The summed E-state index contributed by atoms with van der Waals surface area (Å²) in [6.45, 7) is 1.46. The average molecular weight is 327 g/mol. The maximum atomic E-state index is 12.7. The quantitative estimate of drug-likeness (QED) is 0.584. The van der Waals surface area contributed by atoms with Crippen molar-refractivity contribution in [2.75, 3.05) is 7.11 Å². The van der Waals surface area contributed by atoms with E-state index >= 15 is 0 Å². The number of aryl methyl sites for hydroxylation is 1. The molecule has 122 valence electrons. The van der Waals surface area contributed by atoms with Crippen LogP contribution in [0.5, 0.6) is 11.5 Å². The molecule has 1 N–H and O–H groups in total. The third kappa shape index (κ3) is 2.36. The number of phenols is 1. The molecule has 3 aromatic rings. The van der Waals surface area contributed by atoms with Gasteiger partial charge in [0, 0.05) is 11.6 Å². The highest BCUT2D eigenvalue weighted by Crippen LogP contribution is 2.35. The van der Waals surface area contributed by atoms with Crippen LogP contribution in [0.2, 0.25) is 0 Å². The predicted molar refractivity (Wildman–Crippen MR) is 87.5 cm³/mol. The molecule has 0 aliphatic heterocycles. The van der Waals surface area contributed by atoms with Gasteiger partial charge in [-0.1, -0.05) is 12.1 Å². The monoisotopic (exact) mass is 327 g/mol. The maximum Gasteiger partial charge on any atom is 0.312 e. The van der Waals surface area contributed by atoms with Gasteiger partial charge in [-0.05, 0) is 24.6 Å². The third-order valence-electron chi connectivity index (χ3n) is 3.85. The molecule has 3 rings (SSSR count). The zero-order valence-electron chi connectivity index (χ0n) is 12.9. The lowest BCUT2D eigenvalue weighted by Gasteiger charge is -2.07. The smallest absolute Gasteiger partial charge is 0.312 e. The van der Waals surface area contributed by atoms with Crippen LogP contribution in [0.15, 0.2) is 45.8 Å². The molecule has 0 fully saturated rings. The maximum absolute atomic E-state index is 12.7. The molecule has 0 aliphatic rings. The summed E-state index contributed by atoms with van der Waals surface area (Å²) in [5.41, 5.74) is 0.203. The van der Waals surface area contributed by atoms with Gasteiger partial charge in [-0.15, -0.1) is 0 Å². The van der Waals surface area contributed by atoms with E-state index in [1.165, 1.54) is 20.3 Å². The predicted octanol–water partition coefficient (Wildman–Crippen LogP) is 3.39. The molecule has 0 aliphatic carbocycles. The molecule has 0 bridgehead atoms. The van der Waals surface area contributed by atoms with Crippen LogP contribution in [0.1, 0.15) is 5.56 Å². The van der Waals surface area contributed by atoms with Gasteiger partial charge in [-0.2, -0.15) is 0 Å². The molecule has 7 nitrogen and oxygen atoms in total. The van der Waals surface area contributed by atoms with Crippen molar-refractivity contribution < 1.29 is 19.2 Å². The number of aromatic hydroxyl groups is 1. The van der Waals surface area contributed by atoms with Gasteiger partial charge in [0.05, 0.1) is 23.0 Å². The minimum Gasteiger partial charge on any atom is -0.502 e. The Kier molecular flexibility index (Phi) is 3.69. The molecule has 2 aromatic carbocycles. The molecule has 0 spiro atoms. The Morgan fingerprint density at radius 1 is 1.25 bits per heavy atom. The fourth-order valence-corrected chi connectivity index (χ4v) is 2.52. The first-order valence-corrected chi connectivity index (χ1v) is 7.01. The van der Waals surface area contributed by atoms with E-state index < -0.39 is 21.8 Å². The molecule has 0 saturated carbocycles. The van der Waals surface area contributed by atoms with Crippen molar-refractivity contribution >= 4 is 16.7 Å². The number of nitro groups is 1. The second kappa shape index (κ2) is 5.69. The summed E-state index contributed by atoms with van der Waals surface area (Å²) in [6, 6.07) is 7.82. The largest absolute Gasteiger partial charge is 0.502 e. The van der Waals surface area contributed by atoms with Gasteiger partial charge in [-0.3, -0.25) is 14.9 Å². The zero-order valence-corrected chi connectivity index (χ0v) is 12.9. The van der Waals surface area contributed by atoms with Gasteiger partial charge in [0.1, 0.15) is 17.6 Å². The Bertz CT molecular complexity index is 1000.